The van der Waals surface area contributed by atoms with Crippen molar-refractivity contribution in [2.45, 2.75) is 68.6 Å². The highest BCUT2D eigenvalue weighted by Gasteiger charge is 2.57. The summed E-state index contributed by atoms with van der Waals surface area (Å²) < 4.78 is 3.43. The Morgan fingerprint density at radius 3 is 2.30 bits per heavy atom. The molecule has 2 N–H and O–H groups in total. The molecule has 2 saturated carbocycles. The van der Waals surface area contributed by atoms with Crippen LogP contribution < -0.4 is 15.5 Å². The lowest BCUT2D eigenvalue weighted by molar-refractivity contribution is -0.125. The predicted octanol–water partition coefficient (Wildman–Crippen LogP) is 5.63. The number of fused-ring (bicyclic) bond motifs is 1. The molecule has 1 aliphatic heterocycles. The summed E-state index contributed by atoms with van der Waals surface area (Å²) >= 11 is 12.7. The summed E-state index contributed by atoms with van der Waals surface area (Å²) in [5.41, 5.74) is -0.342. The first-order chi connectivity index (χ1) is 25.9. The number of nitrogens with one attached hydrogen (secondary N) is 2. The molecule has 3 aromatic heterocycles. The molecule has 1 atom stereocenters. The van der Waals surface area contributed by atoms with E-state index in [4.69, 9.17) is 23.2 Å². The van der Waals surface area contributed by atoms with Crippen LogP contribution in [0.2, 0.25) is 10.0 Å². The number of imidazole rings is 2. The van der Waals surface area contributed by atoms with Gasteiger partial charge in [-0.2, -0.15) is 5.26 Å². The first-order valence-electron chi connectivity index (χ1n) is 17.4. The SMILES string of the molecule is C[C@@]1(Cc2ccc(C#N)cc2)C(=O)N(c2cc(Cl)cc(Cl)c2)c2ncc(C(=O)NC3(C(=O)NC4(c5ccc(C(=O)CCn6ccnc6)cn5)CC4)CC3)n21. The summed E-state index contributed by atoms with van der Waals surface area (Å²) in [4.78, 5) is 69.7. The number of carbonyl (C=O) groups excluding carboxylic acids is 4. The number of benzene rings is 2. The molecule has 0 saturated heterocycles. The van der Waals surface area contributed by atoms with Crippen LogP contribution in [0, 0.1) is 11.3 Å². The molecule has 272 valence electrons. The molecule has 5 aromatic rings. The standard InChI is InChI=1S/C39H33Cl2N9O4/c1-37(19-24-2-4-25(20-42)5-3-24)35(54)49(29-17-27(40)16-28(41)18-29)36-45-22-30(50(36)37)33(52)46-39(11-12-39)34(53)47-38(9-10-38)32-7-6-26(21-44-32)31(51)8-14-48-15-13-43-23-48/h2-7,13,15-18,21-23H,8-12,14,19H2,1H3,(H,46,52)(H,47,53)/t37-/m1/s1. The summed E-state index contributed by atoms with van der Waals surface area (Å²) in [5, 5.41) is 16.0. The second-order valence-electron chi connectivity index (χ2n) is 14.3. The fourth-order valence-corrected chi connectivity index (χ4v) is 7.60. The number of pyridine rings is 1. The molecule has 0 radical (unpaired) electrons. The van der Waals surface area contributed by atoms with E-state index in [1.54, 1.807) is 91.0 Å². The number of rotatable bonds is 12. The van der Waals surface area contributed by atoms with Gasteiger partial charge >= 0.3 is 0 Å². The second kappa shape index (κ2) is 13.2. The Hall–Kier alpha value is -5.84. The molecule has 8 rings (SSSR count). The van der Waals surface area contributed by atoms with Crippen molar-refractivity contribution in [3.8, 4) is 6.07 Å². The zero-order chi connectivity index (χ0) is 37.8. The predicted molar refractivity (Wildman–Crippen MR) is 198 cm³/mol. The lowest BCUT2D eigenvalue weighted by Crippen LogP contribution is -2.52. The number of hydrogen-bond acceptors (Lipinski definition) is 8. The smallest absolute Gasteiger partial charge is 0.270 e. The molecule has 2 aliphatic carbocycles. The summed E-state index contributed by atoms with van der Waals surface area (Å²) in [6.45, 7) is 2.24. The van der Waals surface area contributed by atoms with Gasteiger partial charge in [-0.15, -0.1) is 0 Å². The minimum Gasteiger partial charge on any atom is -0.343 e. The fraction of sp³-hybridized carbons (Fsp3) is 0.282. The van der Waals surface area contributed by atoms with E-state index in [-0.39, 0.29) is 35.7 Å². The minimum atomic E-state index is -1.34. The van der Waals surface area contributed by atoms with E-state index in [2.05, 4.69) is 31.7 Å². The topological polar surface area (TPSA) is 168 Å². The summed E-state index contributed by atoms with van der Waals surface area (Å²) in [7, 11) is 0. The molecule has 0 spiro atoms. The number of aryl methyl sites for hydroxylation is 1. The number of Topliss-reactive ketones (excluding diaryl/α,β-unsaturated/α-hetero) is 1. The largest absolute Gasteiger partial charge is 0.343 e. The van der Waals surface area contributed by atoms with Gasteiger partial charge in [0, 0.05) is 53.6 Å². The third kappa shape index (κ3) is 6.31. The van der Waals surface area contributed by atoms with Crippen molar-refractivity contribution in [2.75, 3.05) is 4.90 Å². The number of nitriles is 1. The maximum absolute atomic E-state index is 14.4. The monoisotopic (exact) mass is 761 g/mol. The summed E-state index contributed by atoms with van der Waals surface area (Å²) in [6, 6.07) is 17.2. The quantitative estimate of drug-likeness (QED) is 0.154. The number of ketones is 1. The first kappa shape index (κ1) is 35.2. The van der Waals surface area contributed by atoms with Gasteiger partial charge in [-0.25, -0.2) is 14.9 Å². The van der Waals surface area contributed by atoms with Gasteiger partial charge < -0.3 is 15.2 Å². The van der Waals surface area contributed by atoms with Crippen LogP contribution in [0.1, 0.15) is 76.7 Å². The summed E-state index contributed by atoms with van der Waals surface area (Å²) in [6.07, 6.45) is 10.7. The minimum absolute atomic E-state index is 0.0446. The average Bonchev–Trinajstić information content (AvgIpc) is 3.97. The normalized spacial score (nSPS) is 18.8. The average molecular weight is 763 g/mol. The van der Waals surface area contributed by atoms with E-state index >= 15 is 0 Å². The molecular formula is C39H33Cl2N9O4. The highest BCUT2D eigenvalue weighted by atomic mass is 35.5. The molecular weight excluding hydrogens is 729 g/mol. The lowest BCUT2D eigenvalue weighted by Gasteiger charge is -2.27. The van der Waals surface area contributed by atoms with Crippen molar-refractivity contribution in [2.24, 2.45) is 0 Å². The van der Waals surface area contributed by atoms with Gasteiger partial charge in [0.2, 0.25) is 11.9 Å². The Labute approximate surface area is 319 Å². The zero-order valence-corrected chi connectivity index (χ0v) is 30.6. The highest BCUT2D eigenvalue weighted by molar-refractivity contribution is 6.35. The van der Waals surface area contributed by atoms with Gasteiger partial charge in [-0.1, -0.05) is 35.3 Å². The number of carbonyl (C=O) groups is 4. The zero-order valence-electron chi connectivity index (χ0n) is 29.1. The Morgan fingerprint density at radius 2 is 1.69 bits per heavy atom. The maximum atomic E-state index is 14.4. The molecule has 3 aliphatic rings. The number of aromatic nitrogens is 5. The number of anilines is 2. The molecule has 2 fully saturated rings. The van der Waals surface area contributed by atoms with Crippen molar-refractivity contribution in [1.29, 1.82) is 5.26 Å². The Bertz CT molecular complexity index is 2340. The Kier molecular flexibility index (Phi) is 8.62. The third-order valence-corrected chi connectivity index (χ3v) is 10.9. The third-order valence-electron chi connectivity index (χ3n) is 10.4. The van der Waals surface area contributed by atoms with Crippen LogP contribution in [0.15, 0.2) is 85.7 Å². The van der Waals surface area contributed by atoms with Crippen LogP contribution >= 0.6 is 23.2 Å². The number of nitrogens with zero attached hydrogens (tertiary/aromatic N) is 7. The fourth-order valence-electron chi connectivity index (χ4n) is 7.08. The lowest BCUT2D eigenvalue weighted by atomic mass is 9.91. The van der Waals surface area contributed by atoms with Gasteiger partial charge in [0.1, 0.15) is 16.8 Å². The summed E-state index contributed by atoms with van der Waals surface area (Å²) in [5.74, 6) is -1.11. The van der Waals surface area contributed by atoms with E-state index < -0.39 is 22.5 Å². The number of halogens is 2. The van der Waals surface area contributed by atoms with Crippen molar-refractivity contribution < 1.29 is 19.2 Å². The second-order valence-corrected chi connectivity index (χ2v) is 15.2. The van der Waals surface area contributed by atoms with Crippen LogP contribution in [-0.2, 0) is 33.6 Å². The van der Waals surface area contributed by atoms with Gasteiger partial charge in [0.15, 0.2) is 5.78 Å². The van der Waals surface area contributed by atoms with Gasteiger partial charge in [-0.05, 0) is 80.6 Å². The van der Waals surface area contributed by atoms with E-state index in [1.807, 2.05) is 4.57 Å². The van der Waals surface area contributed by atoms with Crippen molar-refractivity contribution in [3.05, 3.63) is 124 Å². The van der Waals surface area contributed by atoms with Crippen molar-refractivity contribution >= 4 is 58.3 Å². The van der Waals surface area contributed by atoms with E-state index in [9.17, 15) is 24.4 Å². The molecule has 54 heavy (non-hydrogen) atoms. The van der Waals surface area contributed by atoms with Gasteiger partial charge in [0.05, 0.1) is 41.1 Å². The molecule has 0 bridgehead atoms. The van der Waals surface area contributed by atoms with Gasteiger partial charge in [-0.3, -0.25) is 28.7 Å². The van der Waals surface area contributed by atoms with Crippen molar-refractivity contribution in [1.82, 2.24) is 34.7 Å². The van der Waals surface area contributed by atoms with Gasteiger partial charge in [0.25, 0.3) is 11.8 Å². The molecule has 4 heterocycles. The molecule has 13 nitrogen and oxygen atoms in total. The molecule has 3 amide bonds. The highest BCUT2D eigenvalue weighted by Crippen LogP contribution is 2.47. The maximum Gasteiger partial charge on any atom is 0.270 e. The van der Waals surface area contributed by atoms with Crippen LogP contribution in [0.4, 0.5) is 11.6 Å². The molecule has 15 heteroatoms. The Morgan fingerprint density at radius 1 is 0.944 bits per heavy atom. The van der Waals surface area contributed by atoms with E-state index in [0.29, 0.717) is 71.2 Å². The van der Waals surface area contributed by atoms with Crippen molar-refractivity contribution in [3.63, 3.8) is 0 Å². The van der Waals surface area contributed by atoms with E-state index in [0.717, 1.165) is 5.56 Å². The first-order valence-corrected chi connectivity index (χ1v) is 18.2. The van der Waals surface area contributed by atoms with Crippen LogP contribution in [-0.4, -0.2) is 53.1 Å². The van der Waals surface area contributed by atoms with Crippen LogP contribution in [0.5, 0.6) is 0 Å². The van der Waals surface area contributed by atoms with E-state index in [1.165, 1.54) is 11.1 Å². The number of amides is 3. The van der Waals surface area contributed by atoms with Crippen LogP contribution in [0.3, 0.4) is 0 Å². The van der Waals surface area contributed by atoms with Crippen LogP contribution in [0.25, 0.3) is 0 Å². The Balaban J connectivity index is 1.02. The molecule has 0 unspecified atom stereocenters. The molecule has 2 aromatic carbocycles. The number of hydrogen-bond donors (Lipinski definition) is 2.